The van der Waals surface area contributed by atoms with E-state index in [1.54, 1.807) is 18.2 Å². The third kappa shape index (κ3) is 7.48. The van der Waals surface area contributed by atoms with Crippen LogP contribution in [0.5, 0.6) is 0 Å². The van der Waals surface area contributed by atoms with Gasteiger partial charge in [0, 0.05) is 41.9 Å². The number of aromatic nitrogens is 4. The lowest BCUT2D eigenvalue weighted by Gasteiger charge is -2.19. The highest BCUT2D eigenvalue weighted by Gasteiger charge is 2.27. The molecule has 1 aliphatic heterocycles. The third-order valence-corrected chi connectivity index (χ3v) is 7.07. The van der Waals surface area contributed by atoms with E-state index in [1.165, 1.54) is 40.2 Å². The fraction of sp³-hybridized carbons (Fsp3) is 0.200. The van der Waals surface area contributed by atoms with Crippen molar-refractivity contribution in [2.24, 2.45) is 0 Å². The minimum Gasteiger partial charge on any atom is -0.391 e. The highest BCUT2D eigenvalue weighted by atomic mass is 35.5. The molecule has 0 aliphatic carbocycles. The largest absolute Gasteiger partial charge is 0.391 e. The molecule has 1 aromatic heterocycles. The second-order valence-corrected chi connectivity index (χ2v) is 10.4. The molecule has 0 unspecified atom stereocenters. The fourth-order valence-corrected chi connectivity index (χ4v) is 4.86. The van der Waals surface area contributed by atoms with Crippen molar-refractivity contribution in [1.29, 1.82) is 0 Å². The summed E-state index contributed by atoms with van der Waals surface area (Å²) in [6.07, 6.45) is 4.17. The Morgan fingerprint density at radius 3 is 2.63 bits per heavy atom. The van der Waals surface area contributed by atoms with Gasteiger partial charge < -0.3 is 20.6 Å². The summed E-state index contributed by atoms with van der Waals surface area (Å²) >= 11 is 6.16. The Labute approximate surface area is 251 Å². The van der Waals surface area contributed by atoms with Gasteiger partial charge in [0.2, 0.25) is 11.8 Å². The van der Waals surface area contributed by atoms with Gasteiger partial charge in [-0.1, -0.05) is 41.9 Å². The smallest absolute Gasteiger partial charge is 0.256 e. The molecule has 43 heavy (non-hydrogen) atoms. The Balaban J connectivity index is 1.31. The molecule has 5 rings (SSSR count). The number of likely N-dealkylation sites (tertiary alicyclic amines) is 1. The SMILES string of the molecule is O=C(C=Cc1cc(Cl)ccc1-n1cnnn1)N[C@@H](Cc1ccccc1)C(=O)Nc1ccc(C(=O)N2CC[C@@H](O)C2)c(F)c1. The van der Waals surface area contributed by atoms with Crippen LogP contribution in [-0.4, -0.2) is 73.2 Å². The van der Waals surface area contributed by atoms with Crippen molar-refractivity contribution in [1.82, 2.24) is 30.4 Å². The van der Waals surface area contributed by atoms with Crippen LogP contribution in [0, 0.1) is 5.82 Å². The van der Waals surface area contributed by atoms with Crippen molar-refractivity contribution >= 4 is 41.1 Å². The van der Waals surface area contributed by atoms with Crippen LogP contribution >= 0.6 is 11.6 Å². The first-order chi connectivity index (χ1) is 20.8. The Bertz CT molecular complexity index is 1650. The molecule has 1 aliphatic rings. The van der Waals surface area contributed by atoms with Crippen molar-refractivity contribution < 1.29 is 23.9 Å². The van der Waals surface area contributed by atoms with Crippen LogP contribution in [-0.2, 0) is 16.0 Å². The second-order valence-electron chi connectivity index (χ2n) is 9.92. The Morgan fingerprint density at radius 1 is 1.12 bits per heavy atom. The lowest BCUT2D eigenvalue weighted by molar-refractivity contribution is -0.123. The summed E-state index contributed by atoms with van der Waals surface area (Å²) in [6, 6.07) is 16.9. The van der Waals surface area contributed by atoms with Crippen molar-refractivity contribution in [2.45, 2.75) is 25.0 Å². The summed E-state index contributed by atoms with van der Waals surface area (Å²) in [5, 5.41) is 26.6. The van der Waals surface area contributed by atoms with Gasteiger partial charge in [-0.3, -0.25) is 14.4 Å². The number of β-amino-alcohol motifs (C(OH)–C–C–N with tert-alkyl or cyclic N) is 1. The van der Waals surface area contributed by atoms with Crippen LogP contribution < -0.4 is 10.6 Å². The number of rotatable bonds is 9. The van der Waals surface area contributed by atoms with E-state index in [0.29, 0.717) is 29.2 Å². The zero-order valence-corrected chi connectivity index (χ0v) is 23.5. The van der Waals surface area contributed by atoms with Crippen molar-refractivity contribution in [3.63, 3.8) is 0 Å². The van der Waals surface area contributed by atoms with Gasteiger partial charge in [0.1, 0.15) is 18.2 Å². The van der Waals surface area contributed by atoms with Gasteiger partial charge in [-0.25, -0.2) is 4.39 Å². The minimum atomic E-state index is -1.02. The van der Waals surface area contributed by atoms with Crippen molar-refractivity contribution in [2.75, 3.05) is 18.4 Å². The zero-order chi connectivity index (χ0) is 30.3. The first kappa shape index (κ1) is 29.5. The highest BCUT2D eigenvalue weighted by Crippen LogP contribution is 2.21. The van der Waals surface area contributed by atoms with E-state index < -0.39 is 35.7 Å². The number of nitrogens with zero attached hydrogens (tertiary/aromatic N) is 5. The molecule has 3 aromatic carbocycles. The maximum absolute atomic E-state index is 14.9. The topological polar surface area (TPSA) is 142 Å². The molecule has 3 amide bonds. The van der Waals surface area contributed by atoms with Crippen LogP contribution in [0.1, 0.15) is 27.9 Å². The fourth-order valence-electron chi connectivity index (χ4n) is 4.68. The summed E-state index contributed by atoms with van der Waals surface area (Å²) < 4.78 is 16.3. The number of anilines is 1. The predicted molar refractivity (Wildman–Crippen MR) is 157 cm³/mol. The predicted octanol–water partition coefficient (Wildman–Crippen LogP) is 3.04. The molecule has 0 radical (unpaired) electrons. The monoisotopic (exact) mass is 603 g/mol. The highest BCUT2D eigenvalue weighted by molar-refractivity contribution is 6.30. The van der Waals surface area contributed by atoms with Gasteiger partial charge in [-0.05, 0) is 64.9 Å². The third-order valence-electron chi connectivity index (χ3n) is 6.83. The van der Waals surface area contributed by atoms with Crippen LogP contribution in [0.3, 0.4) is 0 Å². The average Bonchev–Trinajstić information content (AvgIpc) is 3.68. The number of hydrogen-bond donors (Lipinski definition) is 3. The Hall–Kier alpha value is -4.94. The van der Waals surface area contributed by atoms with Gasteiger partial charge in [0.05, 0.1) is 17.4 Å². The molecule has 1 saturated heterocycles. The zero-order valence-electron chi connectivity index (χ0n) is 22.7. The van der Waals surface area contributed by atoms with Crippen LogP contribution in [0.25, 0.3) is 11.8 Å². The molecular weight excluding hydrogens is 577 g/mol. The van der Waals surface area contributed by atoms with Crippen molar-refractivity contribution in [3.05, 3.63) is 107 Å². The molecule has 0 bridgehead atoms. The van der Waals surface area contributed by atoms with Crippen molar-refractivity contribution in [3.8, 4) is 5.69 Å². The second kappa shape index (κ2) is 13.4. The molecule has 3 N–H and O–H groups in total. The van der Waals surface area contributed by atoms with E-state index >= 15 is 0 Å². The minimum absolute atomic E-state index is 0.119. The number of amides is 3. The van der Waals surface area contributed by atoms with E-state index in [2.05, 4.69) is 26.2 Å². The van der Waals surface area contributed by atoms with E-state index in [0.717, 1.165) is 11.6 Å². The Kier molecular flexibility index (Phi) is 9.18. The van der Waals surface area contributed by atoms with E-state index in [4.69, 9.17) is 11.6 Å². The van der Waals surface area contributed by atoms with Gasteiger partial charge >= 0.3 is 0 Å². The number of nitrogens with one attached hydrogen (secondary N) is 2. The maximum atomic E-state index is 14.9. The molecule has 4 aromatic rings. The molecule has 1 fully saturated rings. The van der Waals surface area contributed by atoms with Crippen LogP contribution in [0.4, 0.5) is 10.1 Å². The van der Waals surface area contributed by atoms with Gasteiger partial charge in [-0.15, -0.1) is 5.10 Å². The number of benzene rings is 3. The number of tetrazole rings is 1. The maximum Gasteiger partial charge on any atom is 0.256 e. The first-order valence-electron chi connectivity index (χ1n) is 13.4. The normalized spacial score (nSPS) is 15.4. The summed E-state index contributed by atoms with van der Waals surface area (Å²) in [7, 11) is 0. The number of carbonyl (C=O) groups is 3. The standard InChI is InChI=1S/C30H27ClFN7O4/c31-21-7-10-27(39-18-33-36-37-39)20(15-21)6-11-28(41)35-26(14-19-4-2-1-3-5-19)29(42)34-22-8-9-24(25(32)16-22)30(43)38-13-12-23(40)17-38/h1-11,15-16,18,23,26,40H,12-14,17H2,(H,34,42)(H,35,41)/t23-,26+/m1/s1. The van der Waals surface area contributed by atoms with E-state index in [-0.39, 0.29) is 24.2 Å². The number of hydrogen-bond acceptors (Lipinski definition) is 7. The quantitative estimate of drug-likeness (QED) is 0.250. The van der Waals surface area contributed by atoms with Gasteiger partial charge in [0.25, 0.3) is 5.91 Å². The number of aliphatic hydroxyl groups excluding tert-OH is 1. The lowest BCUT2D eigenvalue weighted by Crippen LogP contribution is -2.44. The molecule has 220 valence electrons. The van der Waals surface area contributed by atoms with E-state index in [9.17, 15) is 23.9 Å². The molecule has 0 spiro atoms. The summed E-state index contributed by atoms with van der Waals surface area (Å²) in [4.78, 5) is 40.4. The van der Waals surface area contributed by atoms with Gasteiger partial charge in [-0.2, -0.15) is 4.68 Å². The van der Waals surface area contributed by atoms with E-state index in [1.807, 2.05) is 30.3 Å². The molecule has 2 heterocycles. The molecule has 13 heteroatoms. The number of aliphatic hydroxyl groups is 1. The molecule has 11 nitrogen and oxygen atoms in total. The summed E-state index contributed by atoms with van der Waals surface area (Å²) in [6.45, 7) is 0.478. The Morgan fingerprint density at radius 2 is 1.93 bits per heavy atom. The molecular formula is C30H27ClFN7O4. The van der Waals surface area contributed by atoms with Crippen LogP contribution in [0.2, 0.25) is 5.02 Å². The molecule has 0 saturated carbocycles. The summed E-state index contributed by atoms with van der Waals surface area (Å²) in [5.41, 5.74) is 1.90. The number of carbonyl (C=O) groups excluding carboxylic acids is 3. The van der Waals surface area contributed by atoms with Gasteiger partial charge in [0.15, 0.2) is 0 Å². The lowest BCUT2D eigenvalue weighted by atomic mass is 10.0. The first-order valence-corrected chi connectivity index (χ1v) is 13.8. The number of halogens is 2. The summed E-state index contributed by atoms with van der Waals surface area (Å²) in [5.74, 6) is -2.48. The average molecular weight is 604 g/mol. The van der Waals surface area contributed by atoms with Crippen LogP contribution in [0.15, 0.2) is 79.1 Å². The molecule has 2 atom stereocenters.